The molecule has 0 radical (unpaired) electrons. The molecule has 3 aromatic rings. The molecule has 146 valence electrons. The Morgan fingerprint density at radius 3 is 2.54 bits per heavy atom. The van der Waals surface area contributed by atoms with E-state index in [0.29, 0.717) is 10.9 Å². The molecule has 0 aliphatic carbocycles. The van der Waals surface area contributed by atoms with Gasteiger partial charge in [-0.2, -0.15) is 8.78 Å². The summed E-state index contributed by atoms with van der Waals surface area (Å²) in [5, 5.41) is 4.29. The molecule has 3 rings (SSSR count). The van der Waals surface area contributed by atoms with Crippen molar-refractivity contribution in [3.63, 3.8) is 0 Å². The van der Waals surface area contributed by atoms with Crippen LogP contribution >= 0.6 is 11.6 Å². The van der Waals surface area contributed by atoms with E-state index in [1.165, 1.54) is 18.2 Å². The Morgan fingerprint density at radius 1 is 1.07 bits per heavy atom. The van der Waals surface area contributed by atoms with E-state index in [1.807, 2.05) is 18.2 Å². The third kappa shape index (κ3) is 4.36. The molecule has 0 heterocycles. The fraction of sp³-hybridized carbons (Fsp3) is 0.150. The van der Waals surface area contributed by atoms with Crippen LogP contribution in [0, 0.1) is 0 Å². The SMILES string of the molecule is O=C(Nc1cc(Cl)ccc1OCC(F)(F)C(F)F)c1cccc2ccccc12. The number of carbonyl (C=O) groups excluding carboxylic acids is 1. The van der Waals surface area contributed by atoms with Crippen LogP contribution in [0.1, 0.15) is 10.4 Å². The summed E-state index contributed by atoms with van der Waals surface area (Å²) in [7, 11) is 0. The number of benzene rings is 3. The van der Waals surface area contributed by atoms with Crippen molar-refractivity contribution in [3.8, 4) is 5.75 Å². The fourth-order valence-electron chi connectivity index (χ4n) is 2.58. The van der Waals surface area contributed by atoms with Gasteiger partial charge in [0.15, 0.2) is 6.61 Å². The maximum atomic E-state index is 13.2. The van der Waals surface area contributed by atoms with Crippen molar-refractivity contribution in [2.45, 2.75) is 12.3 Å². The van der Waals surface area contributed by atoms with Gasteiger partial charge in [-0.3, -0.25) is 4.79 Å². The Bertz CT molecular complexity index is 1010. The third-order valence-corrected chi connectivity index (χ3v) is 4.20. The van der Waals surface area contributed by atoms with Gasteiger partial charge in [0.2, 0.25) is 0 Å². The van der Waals surface area contributed by atoms with Gasteiger partial charge in [0.25, 0.3) is 5.91 Å². The van der Waals surface area contributed by atoms with Gasteiger partial charge in [-0.1, -0.05) is 48.0 Å². The number of anilines is 1. The topological polar surface area (TPSA) is 38.3 Å². The van der Waals surface area contributed by atoms with Crippen LogP contribution in [-0.2, 0) is 0 Å². The van der Waals surface area contributed by atoms with Crippen LogP contribution in [0.25, 0.3) is 10.8 Å². The molecule has 8 heteroatoms. The Balaban J connectivity index is 1.87. The largest absolute Gasteiger partial charge is 0.485 e. The molecular formula is C20H14ClF4NO2. The second-order valence-corrected chi connectivity index (χ2v) is 6.41. The Kier molecular flexibility index (Phi) is 5.74. The highest BCUT2D eigenvalue weighted by molar-refractivity contribution is 6.31. The second-order valence-electron chi connectivity index (χ2n) is 5.97. The van der Waals surface area contributed by atoms with Crippen molar-refractivity contribution in [1.29, 1.82) is 0 Å². The molecule has 0 saturated heterocycles. The smallest absolute Gasteiger partial charge is 0.340 e. The van der Waals surface area contributed by atoms with Crippen molar-refractivity contribution < 1.29 is 27.1 Å². The van der Waals surface area contributed by atoms with Crippen LogP contribution in [0.5, 0.6) is 5.75 Å². The molecule has 1 amide bonds. The summed E-state index contributed by atoms with van der Waals surface area (Å²) in [6.45, 7) is -1.54. The summed E-state index contributed by atoms with van der Waals surface area (Å²) < 4.78 is 55.8. The predicted octanol–water partition coefficient (Wildman–Crippen LogP) is 6.02. The fourth-order valence-corrected chi connectivity index (χ4v) is 2.75. The molecule has 3 aromatic carbocycles. The van der Waals surface area contributed by atoms with E-state index in [2.05, 4.69) is 5.32 Å². The predicted molar refractivity (Wildman–Crippen MR) is 99.8 cm³/mol. The quantitative estimate of drug-likeness (QED) is 0.503. The molecular weight excluding hydrogens is 398 g/mol. The zero-order chi connectivity index (χ0) is 20.3. The van der Waals surface area contributed by atoms with Gasteiger partial charge in [0, 0.05) is 10.6 Å². The molecule has 0 aromatic heterocycles. The highest BCUT2D eigenvalue weighted by atomic mass is 35.5. The molecule has 0 aliphatic heterocycles. The van der Waals surface area contributed by atoms with Crippen molar-refractivity contribution in [1.82, 2.24) is 0 Å². The molecule has 0 fully saturated rings. The molecule has 0 aliphatic rings. The maximum absolute atomic E-state index is 13.2. The first kappa shape index (κ1) is 19.9. The van der Waals surface area contributed by atoms with Gasteiger partial charge in [-0.15, -0.1) is 0 Å². The second kappa shape index (κ2) is 8.06. The third-order valence-electron chi connectivity index (χ3n) is 3.96. The molecule has 3 nitrogen and oxygen atoms in total. The Morgan fingerprint density at radius 2 is 1.79 bits per heavy atom. The first-order valence-electron chi connectivity index (χ1n) is 8.15. The van der Waals surface area contributed by atoms with E-state index < -0.39 is 24.9 Å². The van der Waals surface area contributed by atoms with Crippen molar-refractivity contribution in [2.24, 2.45) is 0 Å². The van der Waals surface area contributed by atoms with Crippen LogP contribution in [-0.4, -0.2) is 24.9 Å². The van der Waals surface area contributed by atoms with Gasteiger partial charge < -0.3 is 10.1 Å². The van der Waals surface area contributed by atoms with Crippen LogP contribution in [0.2, 0.25) is 5.02 Å². The summed E-state index contributed by atoms with van der Waals surface area (Å²) in [5.74, 6) is -5.04. The van der Waals surface area contributed by atoms with E-state index >= 15 is 0 Å². The molecule has 28 heavy (non-hydrogen) atoms. The molecule has 0 atom stereocenters. The lowest BCUT2D eigenvalue weighted by atomic mass is 10.0. The number of alkyl halides is 4. The summed E-state index contributed by atoms with van der Waals surface area (Å²) in [4.78, 5) is 12.7. The van der Waals surface area contributed by atoms with Crippen molar-refractivity contribution in [2.75, 3.05) is 11.9 Å². The minimum atomic E-state index is -4.32. The van der Waals surface area contributed by atoms with Gasteiger partial charge in [-0.25, -0.2) is 8.78 Å². The van der Waals surface area contributed by atoms with Crippen LogP contribution in [0.4, 0.5) is 23.2 Å². The Hall–Kier alpha value is -2.80. The van der Waals surface area contributed by atoms with Crippen molar-refractivity contribution in [3.05, 3.63) is 71.2 Å². The van der Waals surface area contributed by atoms with Gasteiger partial charge in [0.1, 0.15) is 5.75 Å². The van der Waals surface area contributed by atoms with E-state index in [1.54, 1.807) is 24.3 Å². The zero-order valence-corrected chi connectivity index (χ0v) is 15.0. The average Bonchev–Trinajstić information content (AvgIpc) is 2.66. The van der Waals surface area contributed by atoms with Crippen LogP contribution < -0.4 is 10.1 Å². The molecule has 0 bridgehead atoms. The monoisotopic (exact) mass is 411 g/mol. The minimum absolute atomic E-state index is 0.00417. The average molecular weight is 412 g/mol. The summed E-state index contributed by atoms with van der Waals surface area (Å²) >= 11 is 5.91. The first-order chi connectivity index (χ1) is 13.3. The van der Waals surface area contributed by atoms with Crippen LogP contribution in [0.15, 0.2) is 60.7 Å². The number of carbonyl (C=O) groups is 1. The molecule has 0 saturated carbocycles. The number of nitrogens with one attached hydrogen (secondary N) is 1. The van der Waals surface area contributed by atoms with E-state index in [4.69, 9.17) is 16.3 Å². The van der Waals surface area contributed by atoms with Crippen molar-refractivity contribution >= 4 is 34.0 Å². The summed E-state index contributed by atoms with van der Waals surface area (Å²) in [5.41, 5.74) is 0.345. The normalized spacial score (nSPS) is 11.6. The number of ether oxygens (including phenoxy) is 1. The van der Waals surface area contributed by atoms with E-state index in [0.717, 1.165) is 5.39 Å². The first-order valence-corrected chi connectivity index (χ1v) is 8.53. The Labute approximate surface area is 162 Å². The molecule has 1 N–H and O–H groups in total. The minimum Gasteiger partial charge on any atom is -0.485 e. The standard InChI is InChI=1S/C20H14ClF4NO2/c21-13-8-9-17(28-11-20(24,25)19(22)23)16(10-13)26-18(27)15-7-3-5-12-4-1-2-6-14(12)15/h1-10,19H,11H2,(H,26,27). The maximum Gasteiger partial charge on any atom is 0.340 e. The lowest BCUT2D eigenvalue weighted by molar-refractivity contribution is -0.148. The molecule has 0 unspecified atom stereocenters. The number of hydrogen-bond donors (Lipinski definition) is 1. The van der Waals surface area contributed by atoms with Crippen LogP contribution in [0.3, 0.4) is 0 Å². The summed E-state index contributed by atoms with van der Waals surface area (Å²) in [6.07, 6.45) is -3.87. The number of rotatable bonds is 6. The number of fused-ring (bicyclic) bond motifs is 1. The zero-order valence-electron chi connectivity index (χ0n) is 14.3. The highest BCUT2D eigenvalue weighted by Gasteiger charge is 2.41. The summed E-state index contributed by atoms with van der Waals surface area (Å²) in [6, 6.07) is 16.2. The van der Waals surface area contributed by atoms with Gasteiger partial charge in [-0.05, 0) is 35.0 Å². The van der Waals surface area contributed by atoms with Gasteiger partial charge in [0.05, 0.1) is 5.69 Å². The number of amides is 1. The van der Waals surface area contributed by atoms with E-state index in [9.17, 15) is 22.4 Å². The number of hydrogen-bond acceptors (Lipinski definition) is 2. The van der Waals surface area contributed by atoms with Gasteiger partial charge >= 0.3 is 12.3 Å². The lowest BCUT2D eigenvalue weighted by Crippen LogP contribution is -2.33. The highest BCUT2D eigenvalue weighted by Crippen LogP contribution is 2.31. The van der Waals surface area contributed by atoms with E-state index in [-0.39, 0.29) is 16.5 Å². The lowest BCUT2D eigenvalue weighted by Gasteiger charge is -2.18. The molecule has 0 spiro atoms. The number of halogens is 5.